The van der Waals surface area contributed by atoms with Crippen molar-refractivity contribution in [1.82, 2.24) is 15.1 Å². The molecule has 1 fully saturated rings. The van der Waals surface area contributed by atoms with Crippen molar-refractivity contribution in [2.75, 3.05) is 26.1 Å². The molecule has 4 rings (SSSR count). The predicted molar refractivity (Wildman–Crippen MR) is 111 cm³/mol. The summed E-state index contributed by atoms with van der Waals surface area (Å²) < 4.78 is 25.3. The number of likely N-dealkylation sites (N-methyl/N-ethyl adjacent to an activating group) is 1. The Morgan fingerprint density at radius 2 is 2.00 bits per heavy atom. The zero-order valence-corrected chi connectivity index (χ0v) is 17.0. The lowest BCUT2D eigenvalue weighted by Gasteiger charge is -2.38. The molecule has 1 aliphatic rings. The van der Waals surface area contributed by atoms with Gasteiger partial charge >= 0.3 is 0 Å². The number of anilines is 1. The summed E-state index contributed by atoms with van der Waals surface area (Å²) >= 11 is 0. The largest absolute Gasteiger partial charge is 0.496 e. The summed E-state index contributed by atoms with van der Waals surface area (Å²) in [6, 6.07) is 14.1. The van der Waals surface area contributed by atoms with Gasteiger partial charge in [-0.25, -0.2) is 4.39 Å². The van der Waals surface area contributed by atoms with Gasteiger partial charge in [-0.3, -0.25) is 14.7 Å². The highest BCUT2D eigenvalue weighted by molar-refractivity contribution is 5.96. The average molecular weight is 424 g/mol. The molecule has 0 bridgehead atoms. The average Bonchev–Trinajstić information content (AvgIpc) is 3.24. The molecule has 1 aliphatic heterocycles. The Morgan fingerprint density at radius 1 is 1.26 bits per heavy atom. The van der Waals surface area contributed by atoms with Crippen LogP contribution in [-0.2, 0) is 14.3 Å². The molecular weight excluding hydrogens is 403 g/mol. The number of hydrogen-bond acceptors (Lipinski definition) is 5. The van der Waals surface area contributed by atoms with Crippen LogP contribution in [0.5, 0.6) is 5.75 Å². The van der Waals surface area contributed by atoms with Crippen LogP contribution in [0, 0.1) is 5.82 Å². The number of nitrogens with zero attached hydrogens (tertiary/aromatic N) is 2. The van der Waals surface area contributed by atoms with Gasteiger partial charge in [0.2, 0.25) is 5.91 Å². The summed E-state index contributed by atoms with van der Waals surface area (Å²) in [6.07, 6.45) is -1.11. The third-order valence-corrected chi connectivity index (χ3v) is 5.19. The maximum atomic E-state index is 14.4. The number of H-pyrrole nitrogens is 1. The number of halogens is 1. The number of aromatic amines is 1. The second-order valence-electron chi connectivity index (χ2n) is 7.06. The fourth-order valence-electron chi connectivity index (χ4n) is 3.61. The van der Waals surface area contributed by atoms with Crippen LogP contribution in [0.2, 0.25) is 0 Å². The van der Waals surface area contributed by atoms with Crippen LogP contribution in [-0.4, -0.2) is 53.8 Å². The number of carbonyl (C=O) groups excluding carboxylic acids is 2. The topological polar surface area (TPSA) is 96.5 Å². The van der Waals surface area contributed by atoms with Crippen LogP contribution in [0.4, 0.5) is 10.2 Å². The molecule has 0 aliphatic carbocycles. The molecule has 0 saturated carbocycles. The van der Waals surface area contributed by atoms with Crippen molar-refractivity contribution in [2.45, 2.75) is 12.1 Å². The number of hydrogen-bond donors (Lipinski definition) is 2. The molecule has 0 spiro atoms. The van der Waals surface area contributed by atoms with Crippen molar-refractivity contribution >= 4 is 17.6 Å². The first kappa shape index (κ1) is 20.5. The Bertz CT molecular complexity index is 1120. The van der Waals surface area contributed by atoms with Gasteiger partial charge in [0.05, 0.1) is 18.8 Å². The van der Waals surface area contributed by atoms with E-state index in [1.165, 1.54) is 24.1 Å². The molecule has 9 heteroatoms. The van der Waals surface area contributed by atoms with Crippen LogP contribution >= 0.6 is 0 Å². The molecule has 2 heterocycles. The quantitative estimate of drug-likeness (QED) is 0.657. The van der Waals surface area contributed by atoms with Gasteiger partial charge in [-0.05, 0) is 18.2 Å². The van der Waals surface area contributed by atoms with Gasteiger partial charge in [0.25, 0.3) is 5.91 Å². The molecule has 1 saturated heterocycles. The molecule has 1 aromatic heterocycles. The number of carbonyl (C=O) groups is 2. The van der Waals surface area contributed by atoms with Gasteiger partial charge < -0.3 is 19.7 Å². The summed E-state index contributed by atoms with van der Waals surface area (Å²) in [5.41, 5.74) is 1.63. The summed E-state index contributed by atoms with van der Waals surface area (Å²) in [7, 11) is 3.09. The van der Waals surface area contributed by atoms with E-state index >= 15 is 0 Å². The van der Waals surface area contributed by atoms with E-state index < -0.39 is 23.9 Å². The standard InChI is InChI=1S/C22H21FN4O4/c1-27-19(28)12-31-21(20(27)13-7-3-5-9-15(13)23)22(29)24-18-11-16(25-26-18)14-8-4-6-10-17(14)30-2/h3-11,20-21H,12H2,1-2H3,(H2,24,25,26,29). The molecule has 8 nitrogen and oxygen atoms in total. The Kier molecular flexibility index (Phi) is 5.68. The van der Waals surface area contributed by atoms with E-state index in [4.69, 9.17) is 9.47 Å². The van der Waals surface area contributed by atoms with Crippen LogP contribution in [0.3, 0.4) is 0 Å². The van der Waals surface area contributed by atoms with Crippen LogP contribution < -0.4 is 10.1 Å². The summed E-state index contributed by atoms with van der Waals surface area (Å²) in [5.74, 6) is -0.476. The number of ether oxygens (including phenoxy) is 2. The Labute approximate surface area is 178 Å². The van der Waals surface area contributed by atoms with E-state index in [-0.39, 0.29) is 23.9 Å². The number of morpholine rings is 1. The lowest BCUT2D eigenvalue weighted by molar-refractivity contribution is -0.160. The van der Waals surface area contributed by atoms with E-state index in [1.807, 2.05) is 24.3 Å². The highest BCUT2D eigenvalue weighted by atomic mass is 19.1. The van der Waals surface area contributed by atoms with E-state index in [0.29, 0.717) is 11.4 Å². The van der Waals surface area contributed by atoms with Gasteiger partial charge in [-0.2, -0.15) is 5.10 Å². The third-order valence-electron chi connectivity index (χ3n) is 5.19. The normalized spacial score (nSPS) is 18.7. The first-order valence-corrected chi connectivity index (χ1v) is 9.61. The summed E-state index contributed by atoms with van der Waals surface area (Å²) in [6.45, 7) is -0.271. The molecule has 3 aromatic rings. The van der Waals surface area contributed by atoms with E-state index in [0.717, 1.165) is 5.56 Å². The molecule has 31 heavy (non-hydrogen) atoms. The van der Waals surface area contributed by atoms with Crippen molar-refractivity contribution in [3.05, 3.63) is 66.0 Å². The second kappa shape index (κ2) is 8.57. The van der Waals surface area contributed by atoms with Crippen molar-refractivity contribution in [3.63, 3.8) is 0 Å². The fraction of sp³-hybridized carbons (Fsp3) is 0.227. The monoisotopic (exact) mass is 424 g/mol. The first-order chi connectivity index (χ1) is 15.0. The van der Waals surface area contributed by atoms with Gasteiger partial charge in [0.1, 0.15) is 18.2 Å². The first-order valence-electron chi connectivity index (χ1n) is 9.61. The van der Waals surface area contributed by atoms with Crippen molar-refractivity contribution in [3.8, 4) is 17.0 Å². The molecular formula is C22H21FN4O4. The number of para-hydroxylation sites is 1. The van der Waals surface area contributed by atoms with E-state index in [2.05, 4.69) is 15.5 Å². The van der Waals surface area contributed by atoms with Crippen LogP contribution in [0.15, 0.2) is 54.6 Å². The Hall–Kier alpha value is -3.72. The Morgan fingerprint density at radius 3 is 2.77 bits per heavy atom. The Balaban J connectivity index is 1.58. The van der Waals surface area contributed by atoms with Gasteiger partial charge in [-0.1, -0.05) is 30.3 Å². The van der Waals surface area contributed by atoms with Crippen LogP contribution in [0.25, 0.3) is 11.3 Å². The zero-order chi connectivity index (χ0) is 22.0. The fourth-order valence-corrected chi connectivity index (χ4v) is 3.61. The molecule has 2 atom stereocenters. The van der Waals surface area contributed by atoms with E-state index in [1.54, 1.807) is 25.3 Å². The summed E-state index contributed by atoms with van der Waals surface area (Å²) in [4.78, 5) is 26.5. The maximum Gasteiger partial charge on any atom is 0.257 e. The van der Waals surface area contributed by atoms with Gasteiger partial charge in [-0.15, -0.1) is 0 Å². The molecule has 0 radical (unpaired) electrons. The smallest absolute Gasteiger partial charge is 0.257 e. The number of aromatic nitrogens is 2. The van der Waals surface area contributed by atoms with Crippen molar-refractivity contribution in [2.24, 2.45) is 0 Å². The SMILES string of the molecule is COc1ccccc1-c1cc(NC(=O)C2OCC(=O)N(C)C2c2ccccc2F)n[nH]1. The minimum absolute atomic E-state index is 0.204. The molecule has 2 amide bonds. The highest BCUT2D eigenvalue weighted by Crippen LogP contribution is 2.32. The summed E-state index contributed by atoms with van der Waals surface area (Å²) in [5, 5.41) is 9.68. The zero-order valence-electron chi connectivity index (χ0n) is 17.0. The number of nitrogens with one attached hydrogen (secondary N) is 2. The number of methoxy groups -OCH3 is 1. The maximum absolute atomic E-state index is 14.4. The van der Waals surface area contributed by atoms with E-state index in [9.17, 15) is 14.0 Å². The second-order valence-corrected chi connectivity index (χ2v) is 7.06. The third kappa shape index (κ3) is 3.99. The molecule has 2 unspecified atom stereocenters. The van der Waals surface area contributed by atoms with Gasteiger partial charge in [0, 0.05) is 24.2 Å². The lowest BCUT2D eigenvalue weighted by atomic mass is 9.97. The highest BCUT2D eigenvalue weighted by Gasteiger charge is 2.41. The molecule has 2 N–H and O–H groups in total. The number of rotatable bonds is 5. The molecule has 2 aromatic carbocycles. The minimum Gasteiger partial charge on any atom is -0.496 e. The molecule has 160 valence electrons. The van der Waals surface area contributed by atoms with Crippen LogP contribution in [0.1, 0.15) is 11.6 Å². The predicted octanol–water partition coefficient (Wildman–Crippen LogP) is 2.76. The number of benzene rings is 2. The van der Waals surface area contributed by atoms with Crippen molar-refractivity contribution in [1.29, 1.82) is 0 Å². The lowest BCUT2D eigenvalue weighted by Crippen LogP contribution is -2.51. The number of amides is 2. The minimum atomic E-state index is -1.11. The van der Waals surface area contributed by atoms with Gasteiger partial charge in [0.15, 0.2) is 11.9 Å². The van der Waals surface area contributed by atoms with Crippen molar-refractivity contribution < 1.29 is 23.5 Å².